The Hall–Kier alpha value is -2.54. The van der Waals surface area contributed by atoms with E-state index in [4.69, 9.17) is 17.3 Å². The zero-order valence-electron chi connectivity index (χ0n) is 11.5. The van der Waals surface area contributed by atoms with Crippen molar-refractivity contribution in [1.82, 2.24) is 14.6 Å². The molecule has 118 valence electrons. The van der Waals surface area contributed by atoms with Crippen LogP contribution in [-0.2, 0) is 6.18 Å². The molecular weight excluding hydrogens is 329 g/mol. The molecule has 3 aromatic rings. The number of benzene rings is 1. The Morgan fingerprint density at radius 3 is 2.61 bits per heavy atom. The van der Waals surface area contributed by atoms with Crippen molar-refractivity contribution in [2.24, 2.45) is 0 Å². The van der Waals surface area contributed by atoms with Crippen LogP contribution in [0.25, 0.3) is 17.8 Å². The first-order chi connectivity index (χ1) is 10.8. The van der Waals surface area contributed by atoms with Gasteiger partial charge in [0.1, 0.15) is 0 Å². The summed E-state index contributed by atoms with van der Waals surface area (Å²) in [5.74, 6) is 0.232. The van der Waals surface area contributed by atoms with Gasteiger partial charge in [0.2, 0.25) is 0 Å². The van der Waals surface area contributed by atoms with Crippen molar-refractivity contribution < 1.29 is 13.2 Å². The Morgan fingerprint density at radius 2 is 1.91 bits per heavy atom. The van der Waals surface area contributed by atoms with Crippen LogP contribution in [0.1, 0.15) is 17.0 Å². The molecule has 2 N–H and O–H groups in total. The predicted octanol–water partition coefficient (Wildman–Crippen LogP) is 4.15. The molecule has 4 nitrogen and oxygen atoms in total. The summed E-state index contributed by atoms with van der Waals surface area (Å²) in [5, 5.41) is 7.55. The summed E-state index contributed by atoms with van der Waals surface area (Å²) in [6.07, 6.45) is -0.358. The molecule has 0 fully saturated rings. The van der Waals surface area contributed by atoms with Crippen LogP contribution in [0, 0.1) is 0 Å². The number of alkyl halides is 3. The van der Waals surface area contributed by atoms with E-state index in [1.807, 2.05) is 6.07 Å². The number of anilines is 1. The molecule has 2 heterocycles. The highest BCUT2D eigenvalue weighted by Gasteiger charge is 2.32. The first kappa shape index (κ1) is 15.4. The Bertz CT molecular complexity index is 899. The van der Waals surface area contributed by atoms with Crippen LogP contribution < -0.4 is 5.73 Å². The predicted molar refractivity (Wildman–Crippen MR) is 82.8 cm³/mol. The van der Waals surface area contributed by atoms with E-state index in [2.05, 4.69) is 10.2 Å². The Morgan fingerprint density at radius 1 is 1.13 bits per heavy atom. The molecule has 8 heteroatoms. The summed E-state index contributed by atoms with van der Waals surface area (Å²) in [4.78, 5) is 0. The molecule has 0 spiro atoms. The van der Waals surface area contributed by atoms with Gasteiger partial charge in [0, 0.05) is 11.9 Å². The van der Waals surface area contributed by atoms with Gasteiger partial charge in [0.05, 0.1) is 10.6 Å². The van der Waals surface area contributed by atoms with Crippen molar-refractivity contribution in [3.63, 3.8) is 0 Å². The van der Waals surface area contributed by atoms with Gasteiger partial charge in [-0.1, -0.05) is 29.8 Å². The lowest BCUT2D eigenvalue weighted by Crippen LogP contribution is -2.07. The smallest absolute Gasteiger partial charge is 0.399 e. The van der Waals surface area contributed by atoms with Gasteiger partial charge in [-0.15, -0.1) is 10.2 Å². The lowest BCUT2D eigenvalue weighted by molar-refractivity contribution is -0.137. The molecule has 0 unspecified atom stereocenters. The van der Waals surface area contributed by atoms with E-state index >= 15 is 0 Å². The van der Waals surface area contributed by atoms with Crippen LogP contribution >= 0.6 is 11.6 Å². The monoisotopic (exact) mass is 338 g/mol. The third-order valence-electron chi connectivity index (χ3n) is 3.15. The number of fused-ring (bicyclic) bond motifs is 1. The number of rotatable bonds is 2. The van der Waals surface area contributed by atoms with E-state index in [0.29, 0.717) is 5.69 Å². The fourth-order valence-electron chi connectivity index (χ4n) is 2.07. The number of hydrogen-bond acceptors (Lipinski definition) is 3. The van der Waals surface area contributed by atoms with E-state index in [9.17, 15) is 13.2 Å². The summed E-state index contributed by atoms with van der Waals surface area (Å²) < 4.78 is 39.9. The summed E-state index contributed by atoms with van der Waals surface area (Å²) in [7, 11) is 0. The van der Waals surface area contributed by atoms with E-state index in [-0.39, 0.29) is 16.5 Å². The summed E-state index contributed by atoms with van der Waals surface area (Å²) in [6, 6.07) is 7.88. The van der Waals surface area contributed by atoms with Gasteiger partial charge < -0.3 is 5.73 Å². The van der Waals surface area contributed by atoms with E-state index in [0.717, 1.165) is 17.8 Å². The molecule has 0 saturated carbocycles. The fourth-order valence-corrected chi connectivity index (χ4v) is 2.32. The lowest BCUT2D eigenvalue weighted by Gasteiger charge is -2.08. The standard InChI is InChI=1S/C15H10ClF3N4/c16-12-7-10(15(17,18)19)8-23-13(21-22-14(12)23)5-4-9-2-1-3-11(20)6-9/h1-8H,20H2/b5-4-. The molecule has 0 bridgehead atoms. The van der Waals surface area contributed by atoms with Crippen LogP contribution in [0.4, 0.5) is 18.9 Å². The van der Waals surface area contributed by atoms with Gasteiger partial charge in [0.25, 0.3) is 0 Å². The summed E-state index contributed by atoms with van der Waals surface area (Å²) >= 11 is 5.86. The van der Waals surface area contributed by atoms with Crippen molar-refractivity contribution in [2.75, 3.05) is 5.73 Å². The lowest BCUT2D eigenvalue weighted by atomic mass is 10.2. The second-order valence-electron chi connectivity index (χ2n) is 4.83. The average Bonchev–Trinajstić information content (AvgIpc) is 2.88. The highest BCUT2D eigenvalue weighted by Crippen LogP contribution is 2.32. The molecule has 23 heavy (non-hydrogen) atoms. The normalized spacial score (nSPS) is 12.3. The molecule has 0 atom stereocenters. The molecular formula is C15H10ClF3N4. The summed E-state index contributed by atoms with van der Waals surface area (Å²) in [5.41, 5.74) is 6.34. The quantitative estimate of drug-likeness (QED) is 0.714. The number of hydrogen-bond donors (Lipinski definition) is 1. The molecule has 0 saturated heterocycles. The van der Waals surface area contributed by atoms with Gasteiger partial charge in [0.15, 0.2) is 11.5 Å². The minimum atomic E-state index is -4.50. The van der Waals surface area contributed by atoms with E-state index in [1.165, 1.54) is 4.40 Å². The molecule has 0 aliphatic carbocycles. The maximum atomic E-state index is 12.9. The van der Waals surface area contributed by atoms with Gasteiger partial charge in [-0.2, -0.15) is 13.2 Å². The number of nitrogens with two attached hydrogens (primary N) is 1. The molecule has 2 aromatic heterocycles. The van der Waals surface area contributed by atoms with Crippen LogP contribution in [0.15, 0.2) is 36.5 Å². The molecule has 0 amide bonds. The van der Waals surface area contributed by atoms with Crippen molar-refractivity contribution >= 4 is 35.1 Å². The van der Waals surface area contributed by atoms with Crippen molar-refractivity contribution in [2.45, 2.75) is 6.18 Å². The topological polar surface area (TPSA) is 56.2 Å². The van der Waals surface area contributed by atoms with Crippen molar-refractivity contribution in [3.05, 3.63) is 58.5 Å². The van der Waals surface area contributed by atoms with Crippen molar-refractivity contribution in [3.8, 4) is 0 Å². The molecule has 3 rings (SSSR count). The molecule has 0 aliphatic rings. The second kappa shape index (κ2) is 5.58. The minimum absolute atomic E-state index is 0.115. The first-order valence-corrected chi connectivity index (χ1v) is 6.87. The van der Waals surface area contributed by atoms with Crippen LogP contribution in [-0.4, -0.2) is 14.6 Å². The zero-order chi connectivity index (χ0) is 16.6. The van der Waals surface area contributed by atoms with Crippen LogP contribution in [0.3, 0.4) is 0 Å². The Labute approximate surface area is 134 Å². The van der Waals surface area contributed by atoms with Crippen LogP contribution in [0.2, 0.25) is 5.02 Å². The fraction of sp³-hybridized carbons (Fsp3) is 0.0667. The first-order valence-electron chi connectivity index (χ1n) is 6.50. The van der Waals surface area contributed by atoms with Crippen LogP contribution in [0.5, 0.6) is 0 Å². The minimum Gasteiger partial charge on any atom is -0.399 e. The largest absolute Gasteiger partial charge is 0.417 e. The van der Waals surface area contributed by atoms with E-state index in [1.54, 1.807) is 30.4 Å². The highest BCUT2D eigenvalue weighted by atomic mass is 35.5. The van der Waals surface area contributed by atoms with Gasteiger partial charge >= 0.3 is 6.18 Å². The number of pyridine rings is 1. The molecule has 0 radical (unpaired) electrons. The Balaban J connectivity index is 2.06. The number of nitrogen functional groups attached to an aromatic ring is 1. The zero-order valence-corrected chi connectivity index (χ0v) is 12.3. The maximum absolute atomic E-state index is 12.9. The maximum Gasteiger partial charge on any atom is 0.417 e. The van der Waals surface area contributed by atoms with E-state index < -0.39 is 11.7 Å². The number of aromatic nitrogens is 3. The SMILES string of the molecule is Nc1cccc(/C=C\c2nnc3c(Cl)cc(C(F)(F)F)cn23)c1. The van der Waals surface area contributed by atoms with Gasteiger partial charge in [-0.3, -0.25) is 4.40 Å². The number of nitrogens with zero attached hydrogens (tertiary/aromatic N) is 3. The molecule has 0 aliphatic heterocycles. The van der Waals surface area contributed by atoms with Gasteiger partial charge in [-0.05, 0) is 29.8 Å². The van der Waals surface area contributed by atoms with Crippen molar-refractivity contribution in [1.29, 1.82) is 0 Å². The average molecular weight is 339 g/mol. The molecule has 1 aromatic carbocycles. The third kappa shape index (κ3) is 3.14. The number of halogens is 4. The third-order valence-corrected chi connectivity index (χ3v) is 3.43. The second-order valence-corrected chi connectivity index (χ2v) is 5.24. The van der Waals surface area contributed by atoms with Gasteiger partial charge in [-0.25, -0.2) is 0 Å². The Kier molecular flexibility index (Phi) is 3.73. The highest BCUT2D eigenvalue weighted by molar-refractivity contribution is 6.33. The summed E-state index contributed by atoms with van der Waals surface area (Å²) in [6.45, 7) is 0.